The molecule has 4 rings (SSSR count). The molecule has 5 atom stereocenters. The molecule has 0 saturated carbocycles. The third-order valence-corrected chi connectivity index (χ3v) is 7.87. The van der Waals surface area contributed by atoms with E-state index in [0.29, 0.717) is 37.2 Å². The predicted octanol–water partition coefficient (Wildman–Crippen LogP) is 6.44. The molecule has 0 amide bonds. The van der Waals surface area contributed by atoms with Crippen molar-refractivity contribution in [1.29, 1.82) is 0 Å². The Labute approximate surface area is 270 Å². The molecule has 1 saturated heterocycles. The van der Waals surface area contributed by atoms with Crippen molar-refractivity contribution in [2.75, 3.05) is 28.4 Å². The summed E-state index contributed by atoms with van der Waals surface area (Å²) >= 11 is 0. The Morgan fingerprint density at radius 1 is 0.913 bits per heavy atom. The van der Waals surface area contributed by atoms with Crippen LogP contribution in [0.25, 0.3) is 6.08 Å². The summed E-state index contributed by atoms with van der Waals surface area (Å²) < 4.78 is 41.4. The fourth-order valence-electron chi connectivity index (χ4n) is 5.54. The Bertz CT molecular complexity index is 1420. The first-order chi connectivity index (χ1) is 22.3. The van der Waals surface area contributed by atoms with Gasteiger partial charge in [-0.25, -0.2) is 4.79 Å². The lowest BCUT2D eigenvalue weighted by molar-refractivity contribution is -0.299. The molecule has 3 aromatic rings. The molecular weight excluding hydrogens is 592 g/mol. The van der Waals surface area contributed by atoms with Gasteiger partial charge in [-0.15, -0.1) is 0 Å². The Balaban J connectivity index is 1.68. The predicted molar refractivity (Wildman–Crippen MR) is 173 cm³/mol. The fourth-order valence-corrected chi connectivity index (χ4v) is 5.54. The normalized spacial score (nSPS) is 20.3. The van der Waals surface area contributed by atoms with Gasteiger partial charge >= 0.3 is 5.97 Å². The SMILES string of the molecule is COc1ccc(CO[C@H]2[C@H](CCC[C@@H](C)O)O[C@H](c3ccccc3)O[C@@H]2C/C=C/c2c(OC)c(OC)cc(OC)c2C(=O)O)cc1. The number of methoxy groups -OCH3 is 4. The smallest absolute Gasteiger partial charge is 0.340 e. The van der Waals surface area contributed by atoms with Crippen molar-refractivity contribution < 1.29 is 48.2 Å². The van der Waals surface area contributed by atoms with E-state index in [2.05, 4.69) is 0 Å². The van der Waals surface area contributed by atoms with Crippen LogP contribution in [0.15, 0.2) is 66.7 Å². The number of benzene rings is 3. The lowest BCUT2D eigenvalue weighted by Gasteiger charge is -2.42. The lowest BCUT2D eigenvalue weighted by Crippen LogP contribution is -2.48. The first kappa shape index (κ1) is 34.8. The monoisotopic (exact) mass is 636 g/mol. The molecule has 0 aromatic heterocycles. The maximum atomic E-state index is 12.3. The van der Waals surface area contributed by atoms with Gasteiger partial charge in [0, 0.05) is 17.2 Å². The van der Waals surface area contributed by atoms with Gasteiger partial charge in [0.05, 0.1) is 53.4 Å². The molecule has 1 heterocycles. The van der Waals surface area contributed by atoms with Crippen LogP contribution in [-0.2, 0) is 20.8 Å². The van der Waals surface area contributed by atoms with Gasteiger partial charge in [-0.05, 0) is 50.3 Å². The summed E-state index contributed by atoms with van der Waals surface area (Å²) in [5, 5.41) is 20.0. The number of carboxylic acid groups (broad SMARTS) is 1. The standard InChI is InChI=1S/C36H44O10/c1-23(37)11-9-15-28-34(44-22-24-17-19-26(40-2)20-18-24)29(46-36(45-28)25-12-7-6-8-13-25)16-10-14-27-32(35(38)39)30(41-3)21-31(42-4)33(27)43-5/h6-8,10,12-14,17-21,23,28-29,34,36-37H,9,11,15-16,22H2,1-5H3,(H,38,39)/b14-10+/t23-,28+,29-,34+,36+/m1/s1. The van der Waals surface area contributed by atoms with Gasteiger partial charge in [-0.1, -0.05) is 54.6 Å². The highest BCUT2D eigenvalue weighted by Crippen LogP contribution is 2.41. The van der Waals surface area contributed by atoms with E-state index >= 15 is 0 Å². The van der Waals surface area contributed by atoms with Gasteiger partial charge in [-0.2, -0.15) is 0 Å². The van der Waals surface area contributed by atoms with Gasteiger partial charge in [-0.3, -0.25) is 0 Å². The summed E-state index contributed by atoms with van der Waals surface area (Å²) in [7, 11) is 5.97. The fraction of sp³-hybridized carbons (Fsp3) is 0.417. The van der Waals surface area contributed by atoms with Gasteiger partial charge < -0.3 is 43.4 Å². The number of rotatable bonds is 16. The zero-order valence-corrected chi connectivity index (χ0v) is 27.0. The van der Waals surface area contributed by atoms with Gasteiger partial charge in [0.1, 0.15) is 23.2 Å². The summed E-state index contributed by atoms with van der Waals surface area (Å²) in [4.78, 5) is 12.3. The number of aliphatic hydroxyl groups is 1. The zero-order chi connectivity index (χ0) is 33.1. The van der Waals surface area contributed by atoms with Gasteiger partial charge in [0.25, 0.3) is 0 Å². The highest BCUT2D eigenvalue weighted by Gasteiger charge is 2.40. The number of hydrogen-bond acceptors (Lipinski definition) is 9. The van der Waals surface area contributed by atoms with E-state index in [1.165, 1.54) is 27.4 Å². The van der Waals surface area contributed by atoms with E-state index in [4.69, 9.17) is 33.2 Å². The molecule has 46 heavy (non-hydrogen) atoms. The van der Waals surface area contributed by atoms with Crippen molar-refractivity contribution in [2.24, 2.45) is 0 Å². The minimum Gasteiger partial charge on any atom is -0.497 e. The Morgan fingerprint density at radius 3 is 2.22 bits per heavy atom. The molecular formula is C36H44O10. The molecule has 0 radical (unpaired) electrons. The van der Waals surface area contributed by atoms with Crippen LogP contribution in [0.1, 0.15) is 65.9 Å². The van der Waals surface area contributed by atoms with E-state index in [0.717, 1.165) is 23.3 Å². The Hall–Kier alpha value is -4.09. The molecule has 1 fully saturated rings. The van der Waals surface area contributed by atoms with Crippen molar-refractivity contribution in [3.05, 3.63) is 89.0 Å². The molecule has 0 bridgehead atoms. The Morgan fingerprint density at radius 2 is 1.61 bits per heavy atom. The van der Waals surface area contributed by atoms with Crippen molar-refractivity contribution in [2.45, 2.75) is 69.9 Å². The molecule has 1 aliphatic heterocycles. The zero-order valence-electron chi connectivity index (χ0n) is 27.0. The lowest BCUT2D eigenvalue weighted by atomic mass is 9.96. The van der Waals surface area contributed by atoms with Crippen LogP contribution in [0.4, 0.5) is 0 Å². The third-order valence-electron chi connectivity index (χ3n) is 7.87. The van der Waals surface area contributed by atoms with Crippen molar-refractivity contribution >= 4 is 12.0 Å². The molecule has 0 unspecified atom stereocenters. The average Bonchev–Trinajstić information content (AvgIpc) is 3.07. The summed E-state index contributed by atoms with van der Waals surface area (Å²) in [5.74, 6) is 0.353. The minimum atomic E-state index is -1.16. The van der Waals surface area contributed by atoms with E-state index in [9.17, 15) is 15.0 Å². The highest BCUT2D eigenvalue weighted by atomic mass is 16.7. The molecule has 2 N–H and O–H groups in total. The highest BCUT2D eigenvalue weighted by molar-refractivity contribution is 5.97. The minimum absolute atomic E-state index is 0.0465. The van der Waals surface area contributed by atoms with E-state index in [-0.39, 0.29) is 23.2 Å². The largest absolute Gasteiger partial charge is 0.497 e. The van der Waals surface area contributed by atoms with E-state index < -0.39 is 30.6 Å². The van der Waals surface area contributed by atoms with Crippen LogP contribution in [0.5, 0.6) is 23.0 Å². The molecule has 3 aromatic carbocycles. The second-order valence-corrected chi connectivity index (χ2v) is 11.0. The summed E-state index contributed by atoms with van der Waals surface area (Å²) in [6.45, 7) is 2.09. The molecule has 248 valence electrons. The number of ether oxygens (including phenoxy) is 7. The maximum Gasteiger partial charge on any atom is 0.340 e. The topological polar surface area (TPSA) is 122 Å². The van der Waals surface area contributed by atoms with Crippen LogP contribution in [0, 0.1) is 0 Å². The quantitative estimate of drug-likeness (QED) is 0.182. The van der Waals surface area contributed by atoms with Crippen LogP contribution in [0.3, 0.4) is 0 Å². The molecule has 10 nitrogen and oxygen atoms in total. The van der Waals surface area contributed by atoms with Crippen molar-refractivity contribution in [3.8, 4) is 23.0 Å². The third kappa shape index (κ3) is 8.79. The first-order valence-electron chi connectivity index (χ1n) is 15.3. The second-order valence-electron chi connectivity index (χ2n) is 11.0. The summed E-state index contributed by atoms with van der Waals surface area (Å²) in [6.07, 6.45) is 3.57. The van der Waals surface area contributed by atoms with E-state index in [1.54, 1.807) is 20.1 Å². The maximum absolute atomic E-state index is 12.3. The molecule has 0 aliphatic carbocycles. The summed E-state index contributed by atoms with van der Waals surface area (Å²) in [5.41, 5.74) is 2.09. The van der Waals surface area contributed by atoms with Crippen molar-refractivity contribution in [1.82, 2.24) is 0 Å². The van der Waals surface area contributed by atoms with Crippen LogP contribution in [-0.4, -0.2) is 69.0 Å². The average molecular weight is 637 g/mol. The van der Waals surface area contributed by atoms with Crippen LogP contribution < -0.4 is 18.9 Å². The van der Waals surface area contributed by atoms with E-state index in [1.807, 2.05) is 60.7 Å². The first-order valence-corrected chi connectivity index (χ1v) is 15.3. The number of hydrogen-bond donors (Lipinski definition) is 2. The van der Waals surface area contributed by atoms with Gasteiger partial charge in [0.15, 0.2) is 17.8 Å². The number of carbonyl (C=O) groups is 1. The van der Waals surface area contributed by atoms with Crippen molar-refractivity contribution in [3.63, 3.8) is 0 Å². The Kier molecular flexibility index (Phi) is 12.9. The van der Waals surface area contributed by atoms with Crippen LogP contribution >= 0.6 is 0 Å². The number of aliphatic hydroxyl groups excluding tert-OH is 1. The van der Waals surface area contributed by atoms with Crippen LogP contribution in [0.2, 0.25) is 0 Å². The molecule has 0 spiro atoms. The summed E-state index contributed by atoms with van der Waals surface area (Å²) in [6, 6.07) is 18.9. The second kappa shape index (κ2) is 17.0. The number of aromatic carboxylic acids is 1. The van der Waals surface area contributed by atoms with Gasteiger partial charge in [0.2, 0.25) is 0 Å². The number of carboxylic acids is 1. The molecule has 10 heteroatoms. The molecule has 1 aliphatic rings.